The molecule has 0 heterocycles. The van der Waals surface area contributed by atoms with Crippen LogP contribution in [0.15, 0.2) is 34.4 Å². The first kappa shape index (κ1) is 8.32. The molecule has 0 radical (unpaired) electrons. The molecule has 11 heavy (non-hydrogen) atoms. The van der Waals surface area contributed by atoms with Gasteiger partial charge in [-0.15, -0.1) is 0 Å². The molecule has 0 aromatic rings. The lowest BCUT2D eigenvalue weighted by atomic mass is 10.1. The largest absolute Gasteiger partial charge is 0.0844 e. The Kier molecular flexibility index (Phi) is 2.33. The summed E-state index contributed by atoms with van der Waals surface area (Å²) >= 11 is 0. The van der Waals surface area contributed by atoms with Gasteiger partial charge in [-0.1, -0.05) is 28.9 Å². The molecule has 0 aromatic carbocycles. The molecule has 0 bridgehead atoms. The van der Waals surface area contributed by atoms with Crippen LogP contribution in [-0.4, -0.2) is 0 Å². The molecule has 0 amide bonds. The van der Waals surface area contributed by atoms with Crippen molar-refractivity contribution in [2.24, 2.45) is 0 Å². The molecule has 0 atom stereocenters. The lowest BCUT2D eigenvalue weighted by Gasteiger charge is -2.00. The average molecular weight is 148 g/mol. The van der Waals surface area contributed by atoms with E-state index in [2.05, 4.69) is 39.8 Å². The van der Waals surface area contributed by atoms with Gasteiger partial charge in [0.15, 0.2) is 0 Å². The van der Waals surface area contributed by atoms with Crippen molar-refractivity contribution in [1.82, 2.24) is 0 Å². The minimum absolute atomic E-state index is 1.15. The summed E-state index contributed by atoms with van der Waals surface area (Å²) in [6.45, 7) is 8.67. The highest BCUT2D eigenvalue weighted by molar-refractivity contribution is 5.45. The fourth-order valence-electron chi connectivity index (χ4n) is 1.30. The number of allylic oxidation sites excluding steroid dienone is 6. The molecular formula is C11H16. The third-order valence-electron chi connectivity index (χ3n) is 2.46. The second kappa shape index (κ2) is 3.08. The Labute approximate surface area is 69.3 Å². The smallest absolute Gasteiger partial charge is 0.00615 e. The van der Waals surface area contributed by atoms with Crippen LogP contribution in [0.3, 0.4) is 0 Å². The van der Waals surface area contributed by atoms with E-state index in [1.165, 1.54) is 22.3 Å². The first-order valence-corrected chi connectivity index (χ1v) is 4.15. The molecular weight excluding hydrogens is 132 g/mol. The predicted molar refractivity (Wildman–Crippen MR) is 50.5 cm³/mol. The normalized spacial score (nSPS) is 19.3. The second-order valence-electron chi connectivity index (χ2n) is 3.28. The van der Waals surface area contributed by atoms with E-state index in [4.69, 9.17) is 0 Å². The first-order chi connectivity index (χ1) is 5.15. The van der Waals surface area contributed by atoms with Crippen molar-refractivity contribution in [1.29, 1.82) is 0 Å². The monoisotopic (exact) mass is 148 g/mol. The van der Waals surface area contributed by atoms with Crippen LogP contribution >= 0.6 is 0 Å². The molecule has 0 unspecified atom stereocenters. The summed E-state index contributed by atoms with van der Waals surface area (Å²) < 4.78 is 0. The van der Waals surface area contributed by atoms with Gasteiger partial charge in [-0.25, -0.2) is 0 Å². The van der Waals surface area contributed by atoms with E-state index in [0.29, 0.717) is 0 Å². The van der Waals surface area contributed by atoms with Crippen LogP contribution in [0.5, 0.6) is 0 Å². The molecule has 60 valence electrons. The topological polar surface area (TPSA) is 0 Å². The van der Waals surface area contributed by atoms with Gasteiger partial charge in [0.05, 0.1) is 0 Å². The van der Waals surface area contributed by atoms with Gasteiger partial charge in [0, 0.05) is 0 Å². The maximum Gasteiger partial charge on any atom is -0.00615 e. The van der Waals surface area contributed by atoms with Crippen molar-refractivity contribution in [3.05, 3.63) is 34.4 Å². The third-order valence-corrected chi connectivity index (χ3v) is 2.46. The molecule has 0 N–H and O–H groups in total. The van der Waals surface area contributed by atoms with E-state index in [1.807, 2.05) is 0 Å². The SMILES string of the molecule is CC=C(C)C1=CC(C)=C(C)C1. The van der Waals surface area contributed by atoms with Crippen LogP contribution in [0.1, 0.15) is 34.1 Å². The predicted octanol–water partition coefficient (Wildman–Crippen LogP) is 3.62. The number of hydrogen-bond acceptors (Lipinski definition) is 0. The Balaban J connectivity index is 2.80. The molecule has 0 saturated heterocycles. The van der Waals surface area contributed by atoms with Gasteiger partial charge in [0.1, 0.15) is 0 Å². The lowest BCUT2D eigenvalue weighted by molar-refractivity contribution is 1.14. The van der Waals surface area contributed by atoms with Crippen LogP contribution < -0.4 is 0 Å². The quantitative estimate of drug-likeness (QED) is 0.532. The van der Waals surface area contributed by atoms with Gasteiger partial charge >= 0.3 is 0 Å². The van der Waals surface area contributed by atoms with Gasteiger partial charge in [-0.05, 0) is 39.7 Å². The zero-order valence-electron chi connectivity index (χ0n) is 7.86. The lowest BCUT2D eigenvalue weighted by Crippen LogP contribution is -1.80. The van der Waals surface area contributed by atoms with E-state index >= 15 is 0 Å². The molecule has 0 nitrogen and oxygen atoms in total. The van der Waals surface area contributed by atoms with Crippen molar-refractivity contribution in [3.63, 3.8) is 0 Å². The Morgan fingerprint density at radius 1 is 1.45 bits per heavy atom. The Morgan fingerprint density at radius 2 is 2.09 bits per heavy atom. The summed E-state index contributed by atoms with van der Waals surface area (Å²) in [5.74, 6) is 0. The molecule has 1 rings (SSSR count). The van der Waals surface area contributed by atoms with Crippen LogP contribution in [-0.2, 0) is 0 Å². The maximum atomic E-state index is 2.30. The standard InChI is InChI=1S/C11H16/c1-5-8(2)11-6-9(3)10(4)7-11/h5-6H,7H2,1-4H3. The van der Waals surface area contributed by atoms with Gasteiger partial charge in [-0.3, -0.25) is 0 Å². The average Bonchev–Trinajstić information content (AvgIpc) is 2.31. The van der Waals surface area contributed by atoms with Crippen LogP contribution in [0.4, 0.5) is 0 Å². The molecule has 0 saturated carbocycles. The van der Waals surface area contributed by atoms with Crippen molar-refractivity contribution in [2.75, 3.05) is 0 Å². The van der Waals surface area contributed by atoms with Crippen LogP contribution in [0, 0.1) is 0 Å². The van der Waals surface area contributed by atoms with Crippen LogP contribution in [0.25, 0.3) is 0 Å². The fourth-order valence-corrected chi connectivity index (χ4v) is 1.30. The molecule has 0 fully saturated rings. The van der Waals surface area contributed by atoms with Crippen molar-refractivity contribution in [2.45, 2.75) is 34.1 Å². The number of rotatable bonds is 1. The Hall–Kier alpha value is -0.780. The highest BCUT2D eigenvalue weighted by Crippen LogP contribution is 2.28. The summed E-state index contributed by atoms with van der Waals surface area (Å²) in [5.41, 5.74) is 5.87. The molecule has 0 aromatic heterocycles. The van der Waals surface area contributed by atoms with Crippen LogP contribution in [0.2, 0.25) is 0 Å². The van der Waals surface area contributed by atoms with Crippen molar-refractivity contribution in [3.8, 4) is 0 Å². The summed E-state index contributed by atoms with van der Waals surface area (Å²) in [6.07, 6.45) is 5.63. The van der Waals surface area contributed by atoms with Crippen molar-refractivity contribution < 1.29 is 0 Å². The van der Waals surface area contributed by atoms with Gasteiger partial charge in [-0.2, -0.15) is 0 Å². The van der Waals surface area contributed by atoms with Gasteiger partial charge in [0.2, 0.25) is 0 Å². The summed E-state index contributed by atoms with van der Waals surface area (Å²) in [6, 6.07) is 0. The zero-order chi connectivity index (χ0) is 8.43. The van der Waals surface area contributed by atoms with E-state index in [0.717, 1.165) is 6.42 Å². The van der Waals surface area contributed by atoms with E-state index < -0.39 is 0 Å². The molecule has 1 aliphatic carbocycles. The maximum absolute atomic E-state index is 2.30. The summed E-state index contributed by atoms with van der Waals surface area (Å²) in [5, 5.41) is 0. The minimum atomic E-state index is 1.15. The second-order valence-corrected chi connectivity index (χ2v) is 3.28. The van der Waals surface area contributed by atoms with Gasteiger partial charge in [0.25, 0.3) is 0 Å². The summed E-state index contributed by atoms with van der Waals surface area (Å²) in [7, 11) is 0. The summed E-state index contributed by atoms with van der Waals surface area (Å²) in [4.78, 5) is 0. The molecule has 0 aliphatic heterocycles. The highest BCUT2D eigenvalue weighted by atomic mass is 14.1. The molecule has 0 heteroatoms. The third kappa shape index (κ3) is 1.62. The zero-order valence-corrected chi connectivity index (χ0v) is 7.86. The first-order valence-electron chi connectivity index (χ1n) is 4.15. The Morgan fingerprint density at radius 3 is 2.45 bits per heavy atom. The van der Waals surface area contributed by atoms with Crippen molar-refractivity contribution >= 4 is 0 Å². The van der Waals surface area contributed by atoms with E-state index in [-0.39, 0.29) is 0 Å². The van der Waals surface area contributed by atoms with E-state index in [9.17, 15) is 0 Å². The Bertz CT molecular complexity index is 249. The van der Waals surface area contributed by atoms with E-state index in [1.54, 1.807) is 0 Å². The van der Waals surface area contributed by atoms with Gasteiger partial charge < -0.3 is 0 Å². The highest BCUT2D eigenvalue weighted by Gasteiger charge is 2.09. The fraction of sp³-hybridized carbons (Fsp3) is 0.455. The molecule has 1 aliphatic rings. The number of hydrogen-bond donors (Lipinski definition) is 0. The minimum Gasteiger partial charge on any atom is -0.0844 e. The molecule has 0 spiro atoms.